The van der Waals surface area contributed by atoms with Crippen LogP contribution >= 0.6 is 0 Å². The van der Waals surface area contributed by atoms with Gasteiger partial charge in [0.05, 0.1) is 11.4 Å². The molecule has 7 heteroatoms. The van der Waals surface area contributed by atoms with Crippen LogP contribution in [0.5, 0.6) is 0 Å². The lowest BCUT2D eigenvalue weighted by molar-refractivity contribution is 0.506. The number of para-hydroxylation sites is 2. The molecule has 102 valence electrons. The van der Waals surface area contributed by atoms with Crippen LogP contribution in [0.4, 0.5) is 11.4 Å². The van der Waals surface area contributed by atoms with Gasteiger partial charge in [0.15, 0.2) is 0 Å². The van der Waals surface area contributed by atoms with Crippen LogP contribution < -0.4 is 15.4 Å². The molecule has 0 spiro atoms. The highest BCUT2D eigenvalue weighted by Gasteiger charge is 2.12. The fourth-order valence-electron chi connectivity index (χ4n) is 1.43. The van der Waals surface area contributed by atoms with Crippen LogP contribution in [0.25, 0.3) is 0 Å². The molecular weight excluding hydrogens is 252 g/mol. The Morgan fingerprint density at radius 1 is 1.22 bits per heavy atom. The van der Waals surface area contributed by atoms with Gasteiger partial charge in [-0.05, 0) is 12.1 Å². The summed E-state index contributed by atoms with van der Waals surface area (Å²) in [5.74, 6) is 0. The van der Waals surface area contributed by atoms with Crippen LogP contribution in [-0.2, 0) is 10.2 Å². The summed E-state index contributed by atoms with van der Waals surface area (Å²) in [6, 6.07) is 7.47. The van der Waals surface area contributed by atoms with Crippen molar-refractivity contribution < 1.29 is 8.42 Å². The number of likely N-dealkylation sites (N-methyl/N-ethyl adjacent to an activating group) is 1. The van der Waals surface area contributed by atoms with Gasteiger partial charge in [-0.25, -0.2) is 4.72 Å². The molecule has 0 aliphatic carbocycles. The predicted molar refractivity (Wildman–Crippen MR) is 74.7 cm³/mol. The quantitative estimate of drug-likeness (QED) is 0.720. The lowest BCUT2D eigenvalue weighted by Crippen LogP contribution is -2.39. The maximum atomic E-state index is 11.5. The molecule has 0 radical (unpaired) electrons. The molecule has 0 saturated heterocycles. The molecule has 0 fully saturated rings. The molecule has 0 amide bonds. The van der Waals surface area contributed by atoms with Crippen LogP contribution in [0, 0.1) is 0 Å². The van der Waals surface area contributed by atoms with Gasteiger partial charge in [0, 0.05) is 34.2 Å². The maximum Gasteiger partial charge on any atom is 0.278 e. The Labute approximate surface area is 109 Å². The number of hydrogen-bond donors (Lipinski definition) is 2. The molecule has 0 saturated carbocycles. The summed E-state index contributed by atoms with van der Waals surface area (Å²) in [6.45, 7) is 0.868. The molecule has 0 atom stereocenters. The third kappa shape index (κ3) is 3.86. The van der Waals surface area contributed by atoms with E-state index in [0.29, 0.717) is 18.8 Å². The van der Waals surface area contributed by atoms with Gasteiger partial charge in [-0.1, -0.05) is 12.1 Å². The van der Waals surface area contributed by atoms with Gasteiger partial charge in [0.2, 0.25) is 0 Å². The number of rotatable bonds is 6. The molecule has 0 heterocycles. The Kier molecular flexibility index (Phi) is 4.94. The molecule has 1 rings (SSSR count). The Bertz CT molecular complexity index is 488. The number of nitrogens with one attached hydrogen (secondary N) is 1. The van der Waals surface area contributed by atoms with Crippen molar-refractivity contribution in [1.82, 2.24) is 9.03 Å². The van der Waals surface area contributed by atoms with Gasteiger partial charge in [-0.3, -0.25) is 0 Å². The topological polar surface area (TPSA) is 78.7 Å². The highest BCUT2D eigenvalue weighted by atomic mass is 32.2. The zero-order valence-corrected chi connectivity index (χ0v) is 11.7. The first-order chi connectivity index (χ1) is 8.34. The van der Waals surface area contributed by atoms with Crippen LogP contribution in [0.3, 0.4) is 0 Å². The Balaban J connectivity index is 2.53. The highest BCUT2D eigenvalue weighted by molar-refractivity contribution is 7.87. The molecule has 3 N–H and O–H groups in total. The third-order valence-corrected chi connectivity index (χ3v) is 4.09. The van der Waals surface area contributed by atoms with Crippen molar-refractivity contribution in [3.63, 3.8) is 0 Å². The monoisotopic (exact) mass is 272 g/mol. The fraction of sp³-hybridized carbons (Fsp3) is 0.455. The number of nitrogens with two attached hydrogens (primary N) is 1. The minimum Gasteiger partial charge on any atom is -0.397 e. The fourth-order valence-corrected chi connectivity index (χ4v) is 2.03. The minimum atomic E-state index is -3.36. The standard InChI is InChI=1S/C11H20N4O2S/c1-14(2)18(16,17)13-8-9-15(3)11-7-5-4-6-10(11)12/h4-7,13H,8-9,12H2,1-3H3. The molecule has 1 aromatic carbocycles. The van der Waals surface area contributed by atoms with Crippen molar-refractivity contribution in [3.8, 4) is 0 Å². The number of hydrogen-bond acceptors (Lipinski definition) is 4. The lowest BCUT2D eigenvalue weighted by Gasteiger charge is -2.21. The SMILES string of the molecule is CN(CCNS(=O)(=O)N(C)C)c1ccccc1N. The molecule has 0 unspecified atom stereocenters. The first-order valence-corrected chi connectivity index (χ1v) is 7.01. The van der Waals surface area contributed by atoms with E-state index in [1.54, 1.807) is 0 Å². The van der Waals surface area contributed by atoms with Crippen LogP contribution in [0.2, 0.25) is 0 Å². The van der Waals surface area contributed by atoms with E-state index >= 15 is 0 Å². The van der Waals surface area contributed by atoms with Crippen LogP contribution in [-0.4, -0.2) is 47.0 Å². The molecular formula is C11H20N4O2S. The zero-order valence-electron chi connectivity index (χ0n) is 10.9. The second kappa shape index (κ2) is 6.03. The normalized spacial score (nSPS) is 11.8. The first kappa shape index (κ1) is 14.7. The largest absolute Gasteiger partial charge is 0.397 e. The van der Waals surface area contributed by atoms with Gasteiger partial charge in [-0.2, -0.15) is 12.7 Å². The zero-order chi connectivity index (χ0) is 13.8. The summed E-state index contributed by atoms with van der Waals surface area (Å²) in [6.07, 6.45) is 0. The number of nitrogen functional groups attached to an aromatic ring is 1. The van der Waals surface area contributed by atoms with E-state index in [0.717, 1.165) is 9.99 Å². The summed E-state index contributed by atoms with van der Waals surface area (Å²) < 4.78 is 26.6. The summed E-state index contributed by atoms with van der Waals surface area (Å²) in [4.78, 5) is 1.91. The van der Waals surface area contributed by atoms with E-state index in [2.05, 4.69) is 4.72 Å². The van der Waals surface area contributed by atoms with Crippen molar-refractivity contribution in [2.24, 2.45) is 0 Å². The molecule has 0 aromatic heterocycles. The van der Waals surface area contributed by atoms with Gasteiger partial charge < -0.3 is 10.6 Å². The van der Waals surface area contributed by atoms with Crippen molar-refractivity contribution in [2.45, 2.75) is 0 Å². The van der Waals surface area contributed by atoms with E-state index in [9.17, 15) is 8.42 Å². The predicted octanol–water partition coefficient (Wildman–Crippen LogP) is 0.101. The van der Waals surface area contributed by atoms with Gasteiger partial charge >= 0.3 is 0 Å². The molecule has 18 heavy (non-hydrogen) atoms. The van der Waals surface area contributed by atoms with Crippen molar-refractivity contribution in [2.75, 3.05) is 44.9 Å². The molecule has 6 nitrogen and oxygen atoms in total. The Morgan fingerprint density at radius 3 is 2.39 bits per heavy atom. The molecule has 0 bridgehead atoms. The average molecular weight is 272 g/mol. The summed E-state index contributed by atoms with van der Waals surface area (Å²) >= 11 is 0. The summed E-state index contributed by atoms with van der Waals surface area (Å²) in [5.41, 5.74) is 7.41. The van der Waals surface area contributed by atoms with Crippen molar-refractivity contribution >= 4 is 21.6 Å². The molecule has 0 aliphatic heterocycles. The van der Waals surface area contributed by atoms with E-state index in [1.807, 2.05) is 36.2 Å². The number of benzene rings is 1. The van der Waals surface area contributed by atoms with E-state index in [1.165, 1.54) is 14.1 Å². The van der Waals surface area contributed by atoms with E-state index in [-0.39, 0.29) is 0 Å². The second-order valence-corrected chi connectivity index (χ2v) is 6.13. The smallest absolute Gasteiger partial charge is 0.278 e. The van der Waals surface area contributed by atoms with Crippen LogP contribution in [0.15, 0.2) is 24.3 Å². The maximum absolute atomic E-state index is 11.5. The second-order valence-electron chi connectivity index (χ2n) is 4.16. The van der Waals surface area contributed by atoms with E-state index in [4.69, 9.17) is 5.73 Å². The Hall–Kier alpha value is -1.31. The van der Waals surface area contributed by atoms with Crippen molar-refractivity contribution in [3.05, 3.63) is 24.3 Å². The average Bonchev–Trinajstić information content (AvgIpc) is 2.29. The van der Waals surface area contributed by atoms with Gasteiger partial charge in [0.25, 0.3) is 10.2 Å². The molecule has 0 aliphatic rings. The van der Waals surface area contributed by atoms with Crippen LogP contribution in [0.1, 0.15) is 0 Å². The lowest BCUT2D eigenvalue weighted by atomic mass is 10.2. The van der Waals surface area contributed by atoms with Gasteiger partial charge in [-0.15, -0.1) is 0 Å². The van der Waals surface area contributed by atoms with E-state index < -0.39 is 10.2 Å². The van der Waals surface area contributed by atoms with Gasteiger partial charge in [0.1, 0.15) is 0 Å². The number of nitrogens with zero attached hydrogens (tertiary/aromatic N) is 2. The number of anilines is 2. The third-order valence-electron chi connectivity index (χ3n) is 2.56. The highest BCUT2D eigenvalue weighted by Crippen LogP contribution is 2.20. The minimum absolute atomic E-state index is 0.325. The Morgan fingerprint density at radius 2 is 1.83 bits per heavy atom. The first-order valence-electron chi connectivity index (χ1n) is 5.57. The summed E-state index contributed by atoms with van der Waals surface area (Å²) in [5, 5.41) is 0. The van der Waals surface area contributed by atoms with Crippen molar-refractivity contribution in [1.29, 1.82) is 0 Å². The molecule has 1 aromatic rings. The summed E-state index contributed by atoms with van der Waals surface area (Å²) in [7, 11) is 1.48.